The van der Waals surface area contributed by atoms with E-state index < -0.39 is 11.5 Å². The Hall–Kier alpha value is -2.02. The maximum absolute atomic E-state index is 12.1. The van der Waals surface area contributed by atoms with Crippen LogP contribution in [0.2, 0.25) is 0 Å². The van der Waals surface area contributed by atoms with E-state index in [0.29, 0.717) is 12.2 Å². The lowest BCUT2D eigenvalue weighted by Crippen LogP contribution is -2.37. The number of nitriles is 1. The van der Waals surface area contributed by atoms with Crippen molar-refractivity contribution in [2.45, 2.75) is 33.3 Å². The smallest absolute Gasteiger partial charge is 0.192 e. The van der Waals surface area contributed by atoms with Crippen LogP contribution in [-0.4, -0.2) is 17.0 Å². The standard InChI is InChI=1S/C14H17NO3/c1-4-14(3,9-15)13(17)10(2)18-12-7-5-11(16)6-8-12/h5-8,10,16H,4H2,1-3H3. The number of benzene rings is 1. The summed E-state index contributed by atoms with van der Waals surface area (Å²) in [5.74, 6) is 0.391. The zero-order valence-electron chi connectivity index (χ0n) is 10.8. The molecule has 4 nitrogen and oxygen atoms in total. The number of hydrogen-bond acceptors (Lipinski definition) is 4. The second-order valence-electron chi connectivity index (χ2n) is 4.42. The molecule has 0 bridgehead atoms. The van der Waals surface area contributed by atoms with Crippen LogP contribution in [0.1, 0.15) is 27.2 Å². The van der Waals surface area contributed by atoms with Gasteiger partial charge < -0.3 is 9.84 Å². The van der Waals surface area contributed by atoms with Crippen molar-refractivity contribution in [3.8, 4) is 17.6 Å². The highest BCUT2D eigenvalue weighted by Gasteiger charge is 2.35. The van der Waals surface area contributed by atoms with Gasteiger partial charge in [0.15, 0.2) is 11.9 Å². The molecule has 0 aromatic heterocycles. The molecule has 18 heavy (non-hydrogen) atoms. The van der Waals surface area contributed by atoms with E-state index in [2.05, 4.69) is 0 Å². The topological polar surface area (TPSA) is 70.3 Å². The predicted octanol–water partition coefficient (Wildman–Crippen LogP) is 2.67. The molecule has 2 atom stereocenters. The van der Waals surface area contributed by atoms with E-state index in [0.717, 1.165) is 0 Å². The Labute approximate surface area is 107 Å². The molecule has 0 amide bonds. The number of Topliss-reactive ketones (excluding diaryl/α,β-unsaturated/α-hetero) is 1. The second kappa shape index (κ2) is 5.54. The summed E-state index contributed by atoms with van der Waals surface area (Å²) in [4.78, 5) is 12.1. The van der Waals surface area contributed by atoms with Gasteiger partial charge in [0.1, 0.15) is 16.9 Å². The zero-order valence-corrected chi connectivity index (χ0v) is 10.8. The third-order valence-electron chi connectivity index (χ3n) is 3.02. The first-order valence-electron chi connectivity index (χ1n) is 5.84. The third kappa shape index (κ3) is 3.01. The molecule has 1 N–H and O–H groups in total. The molecule has 4 heteroatoms. The first-order valence-corrected chi connectivity index (χ1v) is 5.84. The molecule has 0 spiro atoms. The van der Waals surface area contributed by atoms with Gasteiger partial charge in [0.05, 0.1) is 6.07 Å². The van der Waals surface area contributed by atoms with Gasteiger partial charge in [-0.25, -0.2) is 0 Å². The molecule has 0 saturated heterocycles. The highest BCUT2D eigenvalue weighted by Crippen LogP contribution is 2.25. The average Bonchev–Trinajstić information content (AvgIpc) is 2.39. The minimum Gasteiger partial charge on any atom is -0.508 e. The predicted molar refractivity (Wildman–Crippen MR) is 67.2 cm³/mol. The molecule has 2 unspecified atom stereocenters. The van der Waals surface area contributed by atoms with Crippen LogP contribution in [0.3, 0.4) is 0 Å². The molecular weight excluding hydrogens is 230 g/mol. The molecule has 96 valence electrons. The Morgan fingerprint density at radius 3 is 2.50 bits per heavy atom. The minimum absolute atomic E-state index is 0.136. The summed E-state index contributed by atoms with van der Waals surface area (Å²) in [6, 6.07) is 8.15. The van der Waals surface area contributed by atoms with Crippen LogP contribution in [0.4, 0.5) is 0 Å². The maximum atomic E-state index is 12.1. The summed E-state index contributed by atoms with van der Waals surface area (Å²) in [5.41, 5.74) is -1.02. The first-order chi connectivity index (χ1) is 8.42. The number of phenols is 1. The molecule has 1 rings (SSSR count). The van der Waals surface area contributed by atoms with E-state index in [1.807, 2.05) is 6.07 Å². The van der Waals surface area contributed by atoms with Crippen molar-refractivity contribution in [2.24, 2.45) is 5.41 Å². The van der Waals surface area contributed by atoms with Gasteiger partial charge in [-0.05, 0) is 44.5 Å². The summed E-state index contributed by atoms with van der Waals surface area (Å²) in [6.07, 6.45) is -0.245. The summed E-state index contributed by atoms with van der Waals surface area (Å²) < 4.78 is 5.47. The molecule has 1 aromatic carbocycles. The van der Waals surface area contributed by atoms with Crippen LogP contribution < -0.4 is 4.74 Å². The van der Waals surface area contributed by atoms with Crippen LogP contribution >= 0.6 is 0 Å². The van der Waals surface area contributed by atoms with Gasteiger partial charge in [0, 0.05) is 0 Å². The number of rotatable bonds is 5. The van der Waals surface area contributed by atoms with Gasteiger partial charge in [-0.15, -0.1) is 0 Å². The van der Waals surface area contributed by atoms with E-state index in [1.54, 1.807) is 32.9 Å². The van der Waals surface area contributed by atoms with Crippen molar-refractivity contribution < 1.29 is 14.6 Å². The van der Waals surface area contributed by atoms with Crippen molar-refractivity contribution >= 4 is 5.78 Å². The number of carbonyl (C=O) groups excluding carboxylic acids is 1. The normalized spacial score (nSPS) is 15.2. The monoisotopic (exact) mass is 247 g/mol. The molecule has 0 aliphatic heterocycles. The number of nitrogens with zero attached hydrogens (tertiary/aromatic N) is 1. The average molecular weight is 247 g/mol. The summed E-state index contributed by atoms with van der Waals surface area (Å²) in [5, 5.41) is 18.2. The van der Waals surface area contributed by atoms with Gasteiger partial charge in [0.2, 0.25) is 0 Å². The van der Waals surface area contributed by atoms with Gasteiger partial charge in [-0.2, -0.15) is 5.26 Å². The highest BCUT2D eigenvalue weighted by molar-refractivity contribution is 5.90. The Morgan fingerprint density at radius 1 is 1.50 bits per heavy atom. The summed E-state index contributed by atoms with van der Waals surface area (Å²) in [6.45, 7) is 5.04. The van der Waals surface area contributed by atoms with Crippen LogP contribution in [0.5, 0.6) is 11.5 Å². The van der Waals surface area contributed by atoms with Gasteiger partial charge in [-0.3, -0.25) is 4.79 Å². The van der Waals surface area contributed by atoms with Crippen LogP contribution in [0.25, 0.3) is 0 Å². The fourth-order valence-electron chi connectivity index (χ4n) is 1.54. The quantitative estimate of drug-likeness (QED) is 0.868. The van der Waals surface area contributed by atoms with E-state index in [1.165, 1.54) is 12.1 Å². The van der Waals surface area contributed by atoms with E-state index >= 15 is 0 Å². The number of aromatic hydroxyl groups is 1. The van der Waals surface area contributed by atoms with Gasteiger partial charge in [-0.1, -0.05) is 6.92 Å². The Kier molecular flexibility index (Phi) is 4.33. The highest BCUT2D eigenvalue weighted by atomic mass is 16.5. The Morgan fingerprint density at radius 2 is 2.06 bits per heavy atom. The molecule has 0 aliphatic carbocycles. The molecule has 0 radical (unpaired) electrons. The molecular formula is C14H17NO3. The lowest BCUT2D eigenvalue weighted by molar-refractivity contribution is -0.131. The summed E-state index contributed by atoms with van der Waals surface area (Å²) in [7, 11) is 0. The lowest BCUT2D eigenvalue weighted by Gasteiger charge is -2.22. The molecule has 0 aliphatic rings. The van der Waals surface area contributed by atoms with Crippen LogP contribution in [-0.2, 0) is 4.79 Å². The van der Waals surface area contributed by atoms with E-state index in [4.69, 9.17) is 15.1 Å². The largest absolute Gasteiger partial charge is 0.508 e. The lowest BCUT2D eigenvalue weighted by atomic mass is 9.82. The Balaban J connectivity index is 2.77. The molecule has 0 heterocycles. The number of phenolic OH excluding ortho intramolecular Hbond substituents is 1. The van der Waals surface area contributed by atoms with Crippen molar-refractivity contribution in [1.29, 1.82) is 5.26 Å². The molecule has 1 aromatic rings. The second-order valence-corrected chi connectivity index (χ2v) is 4.42. The number of ketones is 1. The van der Waals surface area contributed by atoms with Crippen molar-refractivity contribution in [3.63, 3.8) is 0 Å². The zero-order chi connectivity index (χ0) is 13.8. The first kappa shape index (κ1) is 14.0. The van der Waals surface area contributed by atoms with Gasteiger partial charge >= 0.3 is 0 Å². The van der Waals surface area contributed by atoms with E-state index in [9.17, 15) is 4.79 Å². The fourth-order valence-corrected chi connectivity index (χ4v) is 1.54. The number of hydrogen-bond donors (Lipinski definition) is 1. The van der Waals surface area contributed by atoms with E-state index in [-0.39, 0.29) is 11.5 Å². The fraction of sp³-hybridized carbons (Fsp3) is 0.429. The van der Waals surface area contributed by atoms with Crippen LogP contribution in [0.15, 0.2) is 24.3 Å². The molecule has 0 saturated carbocycles. The maximum Gasteiger partial charge on any atom is 0.192 e. The van der Waals surface area contributed by atoms with Crippen molar-refractivity contribution in [2.75, 3.05) is 0 Å². The summed E-state index contributed by atoms with van der Waals surface area (Å²) >= 11 is 0. The SMILES string of the molecule is CCC(C)(C#N)C(=O)C(C)Oc1ccc(O)cc1. The van der Waals surface area contributed by atoms with Gasteiger partial charge in [0.25, 0.3) is 0 Å². The number of ether oxygens (including phenoxy) is 1. The van der Waals surface area contributed by atoms with Crippen molar-refractivity contribution in [1.82, 2.24) is 0 Å². The van der Waals surface area contributed by atoms with Crippen LogP contribution in [0, 0.1) is 16.7 Å². The minimum atomic E-state index is -1.02. The van der Waals surface area contributed by atoms with Crippen molar-refractivity contribution in [3.05, 3.63) is 24.3 Å². The Bertz CT molecular complexity index is 461. The third-order valence-corrected chi connectivity index (χ3v) is 3.02. The molecule has 0 fully saturated rings. The number of carbonyl (C=O) groups is 1.